The van der Waals surface area contributed by atoms with Crippen molar-refractivity contribution in [3.05, 3.63) is 29.0 Å². The Balaban J connectivity index is 1.28. The molecular weight excluding hydrogens is 478 g/mol. The van der Waals surface area contributed by atoms with Gasteiger partial charge >= 0.3 is 0 Å². The number of aliphatic hydroxyl groups excluding tert-OH is 1. The molecule has 0 aromatic carbocycles. The van der Waals surface area contributed by atoms with Gasteiger partial charge in [-0.05, 0) is 44.6 Å². The van der Waals surface area contributed by atoms with E-state index in [9.17, 15) is 15.0 Å². The number of likely N-dealkylation sites (tertiary alicyclic amines) is 1. The maximum atomic E-state index is 12.3. The molecule has 3 aromatic rings. The van der Waals surface area contributed by atoms with Crippen molar-refractivity contribution in [1.29, 1.82) is 0 Å². The number of amides is 1. The number of aromatic amines is 1. The number of thiazole rings is 1. The summed E-state index contributed by atoms with van der Waals surface area (Å²) in [6.07, 6.45) is 5.94. The quantitative estimate of drug-likeness (QED) is 0.415. The second-order valence-electron chi connectivity index (χ2n) is 10.6. The number of nitrogens with zero attached hydrogens (tertiary/aromatic N) is 3. The minimum absolute atomic E-state index is 0.166. The maximum absolute atomic E-state index is 12.3. The molecule has 1 saturated carbocycles. The highest BCUT2D eigenvalue weighted by atomic mass is 32.1. The molecule has 0 bridgehead atoms. The molecule has 1 aliphatic carbocycles. The molecule has 0 radical (unpaired) electrons. The predicted molar refractivity (Wildman–Crippen MR) is 138 cm³/mol. The van der Waals surface area contributed by atoms with Gasteiger partial charge in [-0.1, -0.05) is 0 Å². The van der Waals surface area contributed by atoms with Gasteiger partial charge in [-0.25, -0.2) is 9.97 Å². The van der Waals surface area contributed by atoms with Gasteiger partial charge in [0.15, 0.2) is 0 Å². The molecule has 4 N–H and O–H groups in total. The zero-order valence-corrected chi connectivity index (χ0v) is 21.5. The van der Waals surface area contributed by atoms with Gasteiger partial charge in [0.2, 0.25) is 0 Å². The number of ether oxygens (including phenoxy) is 1. The molecule has 10 heteroatoms. The van der Waals surface area contributed by atoms with Crippen LogP contribution in [-0.4, -0.2) is 74.4 Å². The summed E-state index contributed by atoms with van der Waals surface area (Å²) < 4.78 is 5.48. The molecule has 2 aliphatic heterocycles. The van der Waals surface area contributed by atoms with Crippen molar-refractivity contribution in [1.82, 2.24) is 19.9 Å². The fraction of sp³-hybridized carbons (Fsp3) is 0.577. The summed E-state index contributed by atoms with van der Waals surface area (Å²) in [6, 6.07) is 2.32. The molecule has 3 aromatic heterocycles. The first-order chi connectivity index (χ1) is 17.3. The summed E-state index contributed by atoms with van der Waals surface area (Å²) in [6.45, 7) is 6.05. The van der Waals surface area contributed by atoms with Gasteiger partial charge in [-0.3, -0.25) is 4.79 Å². The van der Waals surface area contributed by atoms with Crippen molar-refractivity contribution in [3.8, 4) is 10.6 Å². The molecule has 1 unspecified atom stereocenters. The topological polar surface area (TPSA) is 124 Å². The lowest BCUT2D eigenvalue weighted by Crippen LogP contribution is -2.37. The van der Waals surface area contributed by atoms with E-state index in [1.54, 1.807) is 18.3 Å². The zero-order chi connectivity index (χ0) is 25.0. The van der Waals surface area contributed by atoms with E-state index in [2.05, 4.69) is 15.3 Å². The minimum atomic E-state index is -0.940. The lowest BCUT2D eigenvalue weighted by molar-refractivity contribution is -0.138. The number of aromatic nitrogens is 3. The molecule has 6 rings (SSSR count). The summed E-state index contributed by atoms with van der Waals surface area (Å²) in [5.41, 5.74) is 2.75. The van der Waals surface area contributed by atoms with Crippen LogP contribution in [0.1, 0.15) is 43.2 Å². The van der Waals surface area contributed by atoms with Gasteiger partial charge in [-0.15, -0.1) is 11.3 Å². The Morgan fingerprint density at radius 2 is 2.03 bits per heavy atom. The van der Waals surface area contributed by atoms with Gasteiger partial charge in [-0.2, -0.15) is 0 Å². The van der Waals surface area contributed by atoms with E-state index >= 15 is 0 Å². The van der Waals surface area contributed by atoms with Crippen LogP contribution in [0.2, 0.25) is 0 Å². The summed E-state index contributed by atoms with van der Waals surface area (Å²) >= 11 is 1.55. The smallest absolute Gasteiger partial charge is 0.251 e. The fourth-order valence-electron chi connectivity index (χ4n) is 6.27. The van der Waals surface area contributed by atoms with Crippen LogP contribution < -0.4 is 5.32 Å². The average molecular weight is 512 g/mol. The van der Waals surface area contributed by atoms with Crippen LogP contribution in [0.4, 0.5) is 5.69 Å². The lowest BCUT2D eigenvalue weighted by atomic mass is 9.92. The van der Waals surface area contributed by atoms with Crippen molar-refractivity contribution < 1.29 is 19.7 Å². The molecule has 1 amide bonds. The van der Waals surface area contributed by atoms with Crippen molar-refractivity contribution >= 4 is 34.0 Å². The molecule has 0 spiro atoms. The number of aryl methyl sites for hydroxylation is 1. The van der Waals surface area contributed by atoms with Crippen molar-refractivity contribution in [2.24, 2.45) is 11.8 Å². The average Bonchev–Trinajstić information content (AvgIpc) is 3.62. The molecule has 9 nitrogen and oxygen atoms in total. The van der Waals surface area contributed by atoms with Gasteiger partial charge in [0.25, 0.3) is 5.91 Å². The van der Waals surface area contributed by atoms with Gasteiger partial charge in [0.05, 0.1) is 21.8 Å². The van der Waals surface area contributed by atoms with E-state index < -0.39 is 11.7 Å². The Hall–Kier alpha value is -2.53. The molecule has 36 heavy (non-hydrogen) atoms. The van der Waals surface area contributed by atoms with Crippen molar-refractivity contribution in [3.63, 3.8) is 0 Å². The molecule has 2 saturated heterocycles. The van der Waals surface area contributed by atoms with E-state index in [0.717, 1.165) is 50.7 Å². The third kappa shape index (κ3) is 4.09. The van der Waals surface area contributed by atoms with Crippen LogP contribution in [0.25, 0.3) is 21.6 Å². The van der Waals surface area contributed by atoms with Crippen LogP contribution in [0.15, 0.2) is 18.5 Å². The Bertz CT molecular complexity index is 1270. The normalized spacial score (nSPS) is 26.3. The Kier molecular flexibility index (Phi) is 6.02. The highest BCUT2D eigenvalue weighted by Crippen LogP contribution is 2.45. The number of aliphatic hydroxyl groups is 2. The number of carbonyl (C=O) groups is 1. The van der Waals surface area contributed by atoms with Gasteiger partial charge < -0.3 is 30.2 Å². The number of nitrogens with one attached hydrogen (secondary N) is 2. The Labute approximate surface area is 213 Å². The van der Waals surface area contributed by atoms with Crippen molar-refractivity contribution in [2.45, 2.75) is 57.3 Å². The Morgan fingerprint density at radius 1 is 1.31 bits per heavy atom. The SMILES string of the molecule is Cc1nc(-c2cnc3[nH]ccc3c2NC2C[C@@H]3CN(C(=O)[C@H](C)O)C[C@@H]3C2)sc1C1(O)CCOCC1. The highest BCUT2D eigenvalue weighted by molar-refractivity contribution is 7.15. The van der Waals surface area contributed by atoms with E-state index in [0.29, 0.717) is 51.0 Å². The molecular formula is C26H33N5O4S. The first kappa shape index (κ1) is 23.8. The number of carbonyl (C=O) groups excluding carboxylic acids is 1. The first-order valence-electron chi connectivity index (χ1n) is 12.8. The van der Waals surface area contributed by atoms with Gasteiger partial charge in [0, 0.05) is 63.0 Å². The zero-order valence-electron chi connectivity index (χ0n) is 20.7. The highest BCUT2D eigenvalue weighted by Gasteiger charge is 2.43. The molecule has 5 heterocycles. The van der Waals surface area contributed by atoms with E-state index in [-0.39, 0.29) is 11.9 Å². The van der Waals surface area contributed by atoms with Crippen molar-refractivity contribution in [2.75, 3.05) is 31.6 Å². The second kappa shape index (κ2) is 9.09. The van der Waals surface area contributed by atoms with Crippen LogP contribution >= 0.6 is 11.3 Å². The number of rotatable bonds is 5. The largest absolute Gasteiger partial charge is 0.384 e. The van der Waals surface area contributed by atoms with E-state index in [1.807, 2.05) is 30.3 Å². The Morgan fingerprint density at radius 3 is 2.72 bits per heavy atom. The summed E-state index contributed by atoms with van der Waals surface area (Å²) in [7, 11) is 0. The molecule has 3 aliphatic rings. The molecule has 192 valence electrons. The fourth-order valence-corrected chi connectivity index (χ4v) is 7.50. The number of H-pyrrole nitrogens is 1. The number of fused-ring (bicyclic) bond motifs is 2. The van der Waals surface area contributed by atoms with Crippen LogP contribution in [0.5, 0.6) is 0 Å². The summed E-state index contributed by atoms with van der Waals surface area (Å²) in [4.78, 5) is 27.7. The predicted octanol–water partition coefficient (Wildman–Crippen LogP) is 3.02. The van der Waals surface area contributed by atoms with Crippen LogP contribution in [0.3, 0.4) is 0 Å². The van der Waals surface area contributed by atoms with Crippen LogP contribution in [0, 0.1) is 18.8 Å². The van der Waals surface area contributed by atoms with E-state index in [1.165, 1.54) is 0 Å². The monoisotopic (exact) mass is 511 g/mol. The van der Waals surface area contributed by atoms with E-state index in [4.69, 9.17) is 9.72 Å². The number of hydrogen-bond donors (Lipinski definition) is 4. The lowest BCUT2D eigenvalue weighted by Gasteiger charge is -2.31. The minimum Gasteiger partial charge on any atom is -0.384 e. The summed E-state index contributed by atoms with van der Waals surface area (Å²) in [5, 5.41) is 26.7. The number of pyridine rings is 1. The third-order valence-electron chi connectivity index (χ3n) is 8.12. The molecule has 4 atom stereocenters. The maximum Gasteiger partial charge on any atom is 0.251 e. The molecule has 3 fully saturated rings. The second-order valence-corrected chi connectivity index (χ2v) is 11.6. The van der Waals surface area contributed by atoms with Crippen LogP contribution in [-0.2, 0) is 15.1 Å². The standard InChI is InChI=1S/C26H33N5O4S/c1-14-22(26(34)4-7-35-8-5-26)36-24(29-14)20-11-28-23-19(3-6-27-23)21(20)30-18-9-16-12-31(13-17(16)10-18)25(33)15(2)32/h3,6,11,15-18,32,34H,4-5,7-10,12-13H2,1-2H3,(H2,27,28,30)/t15-,16-,17+,18?/m0/s1. The van der Waals surface area contributed by atoms with Gasteiger partial charge in [0.1, 0.15) is 22.4 Å². The summed E-state index contributed by atoms with van der Waals surface area (Å²) in [5.74, 6) is 0.711. The third-order valence-corrected chi connectivity index (χ3v) is 9.51. The number of anilines is 1. The first-order valence-corrected chi connectivity index (χ1v) is 13.6. The number of hydrogen-bond acceptors (Lipinski definition) is 8.